The smallest absolute Gasteiger partial charge is 0.0461 e. The summed E-state index contributed by atoms with van der Waals surface area (Å²) in [6, 6.07) is 8.36. The summed E-state index contributed by atoms with van der Waals surface area (Å²) >= 11 is 0. The summed E-state index contributed by atoms with van der Waals surface area (Å²) in [5.74, 6) is 6.12. The number of para-hydroxylation sites is 1. The van der Waals surface area contributed by atoms with Gasteiger partial charge >= 0.3 is 0 Å². The van der Waals surface area contributed by atoms with Crippen molar-refractivity contribution in [3.63, 3.8) is 0 Å². The SMILES string of the molecule is C1#CCc2c([nH]c3ccccc23)C=C1. The lowest BCUT2D eigenvalue weighted by atomic mass is 10.1. The van der Waals surface area contributed by atoms with Gasteiger partial charge in [0.1, 0.15) is 0 Å². The quantitative estimate of drug-likeness (QED) is 0.598. The van der Waals surface area contributed by atoms with Gasteiger partial charge in [-0.25, -0.2) is 0 Å². The van der Waals surface area contributed by atoms with Gasteiger partial charge < -0.3 is 4.98 Å². The normalized spacial score (nSPS) is 13.1. The number of fused-ring (bicyclic) bond motifs is 3. The first-order valence-electron chi connectivity index (χ1n) is 4.70. The van der Waals surface area contributed by atoms with Gasteiger partial charge in [0.2, 0.25) is 0 Å². The highest BCUT2D eigenvalue weighted by Crippen LogP contribution is 2.24. The fourth-order valence-corrected chi connectivity index (χ4v) is 1.88. The van der Waals surface area contributed by atoms with Crippen molar-refractivity contribution in [3.05, 3.63) is 41.6 Å². The van der Waals surface area contributed by atoms with Crippen molar-refractivity contribution in [3.8, 4) is 11.8 Å². The molecule has 0 amide bonds. The lowest BCUT2D eigenvalue weighted by Crippen LogP contribution is -1.81. The summed E-state index contributed by atoms with van der Waals surface area (Å²) in [7, 11) is 0. The van der Waals surface area contributed by atoms with Crippen LogP contribution in [-0.4, -0.2) is 4.98 Å². The van der Waals surface area contributed by atoms with Crippen molar-refractivity contribution in [2.24, 2.45) is 0 Å². The Kier molecular flexibility index (Phi) is 1.48. The molecule has 14 heavy (non-hydrogen) atoms. The molecular weight excluding hydrogens is 170 g/mol. The second kappa shape index (κ2) is 2.78. The van der Waals surface area contributed by atoms with Crippen LogP contribution in [0.5, 0.6) is 0 Å². The van der Waals surface area contributed by atoms with Gasteiger partial charge in [0.15, 0.2) is 0 Å². The van der Waals surface area contributed by atoms with Crippen LogP contribution >= 0.6 is 0 Å². The van der Waals surface area contributed by atoms with Crippen LogP contribution in [0.15, 0.2) is 30.3 Å². The third-order valence-electron chi connectivity index (χ3n) is 2.55. The van der Waals surface area contributed by atoms with E-state index in [1.807, 2.05) is 12.1 Å². The van der Waals surface area contributed by atoms with Crippen molar-refractivity contribution in [1.82, 2.24) is 4.98 Å². The molecule has 1 nitrogen and oxygen atoms in total. The Morgan fingerprint density at radius 3 is 3.14 bits per heavy atom. The molecule has 1 aliphatic rings. The molecule has 0 atom stereocenters. The molecule has 0 saturated carbocycles. The molecule has 0 spiro atoms. The summed E-state index contributed by atoms with van der Waals surface area (Å²) in [6.07, 6.45) is 4.79. The molecule has 1 heteroatoms. The number of benzene rings is 1. The molecule has 0 fully saturated rings. The van der Waals surface area contributed by atoms with Gasteiger partial charge in [-0.3, -0.25) is 0 Å². The van der Waals surface area contributed by atoms with E-state index in [0.717, 1.165) is 6.42 Å². The zero-order valence-electron chi connectivity index (χ0n) is 7.67. The van der Waals surface area contributed by atoms with E-state index in [1.54, 1.807) is 0 Å². The van der Waals surface area contributed by atoms with E-state index in [2.05, 4.69) is 41.1 Å². The summed E-state index contributed by atoms with van der Waals surface area (Å²) in [4.78, 5) is 3.39. The minimum atomic E-state index is 0.840. The van der Waals surface area contributed by atoms with Crippen LogP contribution in [0.3, 0.4) is 0 Å². The molecule has 2 aromatic rings. The summed E-state index contributed by atoms with van der Waals surface area (Å²) in [6.45, 7) is 0. The highest BCUT2D eigenvalue weighted by Gasteiger charge is 2.08. The lowest BCUT2D eigenvalue weighted by molar-refractivity contribution is 1.31. The van der Waals surface area contributed by atoms with E-state index in [9.17, 15) is 0 Å². The molecule has 1 aromatic carbocycles. The fraction of sp³-hybridized carbons (Fsp3) is 0.0769. The van der Waals surface area contributed by atoms with E-state index < -0.39 is 0 Å². The third-order valence-corrected chi connectivity index (χ3v) is 2.55. The molecule has 1 aliphatic carbocycles. The topological polar surface area (TPSA) is 15.8 Å². The minimum absolute atomic E-state index is 0.840. The number of nitrogens with one attached hydrogen (secondary N) is 1. The Bertz CT molecular complexity index is 576. The van der Waals surface area contributed by atoms with Gasteiger partial charge in [-0.05, 0) is 23.8 Å². The minimum Gasteiger partial charge on any atom is -0.355 e. The van der Waals surface area contributed by atoms with Crippen LogP contribution in [0.2, 0.25) is 0 Å². The van der Waals surface area contributed by atoms with Crippen LogP contribution in [0.4, 0.5) is 0 Å². The molecule has 0 radical (unpaired) electrons. The third kappa shape index (κ3) is 0.978. The fourth-order valence-electron chi connectivity index (χ4n) is 1.88. The molecule has 0 unspecified atom stereocenters. The lowest BCUT2D eigenvalue weighted by Gasteiger charge is -1.93. The van der Waals surface area contributed by atoms with Crippen molar-refractivity contribution in [2.45, 2.75) is 6.42 Å². The molecule has 1 heterocycles. The monoisotopic (exact) mass is 179 g/mol. The van der Waals surface area contributed by atoms with Gasteiger partial charge in [-0.15, -0.1) is 0 Å². The summed E-state index contributed by atoms with van der Waals surface area (Å²) < 4.78 is 0. The first kappa shape index (κ1) is 7.46. The average Bonchev–Trinajstić information content (AvgIpc) is 2.42. The van der Waals surface area contributed by atoms with E-state index >= 15 is 0 Å². The standard InChI is InChI=1S/C13H9N/c1-2-6-10-11-7-4-5-9-13(11)14-12(10)8-3-1/h3-5,7-9,14H,6H2. The van der Waals surface area contributed by atoms with Crippen molar-refractivity contribution >= 4 is 17.0 Å². The summed E-state index contributed by atoms with van der Waals surface area (Å²) in [5.41, 5.74) is 3.71. The molecule has 0 bridgehead atoms. The van der Waals surface area contributed by atoms with E-state index in [0.29, 0.717) is 0 Å². The van der Waals surface area contributed by atoms with Gasteiger partial charge in [0.05, 0.1) is 0 Å². The molecule has 1 aromatic heterocycles. The van der Waals surface area contributed by atoms with Crippen LogP contribution in [0.25, 0.3) is 17.0 Å². The number of aromatic nitrogens is 1. The maximum atomic E-state index is 3.39. The number of rotatable bonds is 0. The van der Waals surface area contributed by atoms with Gasteiger partial charge in [-0.1, -0.05) is 30.0 Å². The first-order chi connectivity index (χ1) is 6.95. The predicted octanol–water partition coefficient (Wildman–Crippen LogP) is 2.74. The van der Waals surface area contributed by atoms with Crippen LogP contribution in [-0.2, 0) is 6.42 Å². The molecule has 0 saturated heterocycles. The van der Waals surface area contributed by atoms with Crippen molar-refractivity contribution in [2.75, 3.05) is 0 Å². The number of aromatic amines is 1. The van der Waals surface area contributed by atoms with E-state index in [1.165, 1.54) is 22.2 Å². The van der Waals surface area contributed by atoms with Crippen LogP contribution in [0, 0.1) is 11.8 Å². The largest absolute Gasteiger partial charge is 0.355 e. The summed E-state index contributed by atoms with van der Waals surface area (Å²) in [5, 5.41) is 1.29. The Labute approximate surface area is 82.5 Å². The van der Waals surface area contributed by atoms with E-state index in [-0.39, 0.29) is 0 Å². The van der Waals surface area contributed by atoms with Gasteiger partial charge in [-0.2, -0.15) is 0 Å². The number of H-pyrrole nitrogens is 1. The Morgan fingerprint density at radius 1 is 1.21 bits per heavy atom. The van der Waals surface area contributed by atoms with Crippen molar-refractivity contribution < 1.29 is 0 Å². The van der Waals surface area contributed by atoms with Gasteiger partial charge in [0.25, 0.3) is 0 Å². The Balaban J connectivity index is 2.38. The van der Waals surface area contributed by atoms with Crippen LogP contribution in [0.1, 0.15) is 11.3 Å². The Morgan fingerprint density at radius 2 is 2.14 bits per heavy atom. The predicted molar refractivity (Wildman–Crippen MR) is 58.8 cm³/mol. The number of hydrogen-bond acceptors (Lipinski definition) is 0. The molecule has 0 aliphatic heterocycles. The van der Waals surface area contributed by atoms with Crippen LogP contribution < -0.4 is 0 Å². The highest BCUT2D eigenvalue weighted by atomic mass is 14.7. The number of allylic oxidation sites excluding steroid dienone is 1. The molecular formula is C13H9N. The maximum Gasteiger partial charge on any atom is 0.0461 e. The highest BCUT2D eigenvalue weighted by molar-refractivity contribution is 5.88. The second-order valence-corrected chi connectivity index (χ2v) is 3.39. The van der Waals surface area contributed by atoms with E-state index in [4.69, 9.17) is 0 Å². The molecule has 66 valence electrons. The second-order valence-electron chi connectivity index (χ2n) is 3.39. The van der Waals surface area contributed by atoms with Gasteiger partial charge in [0, 0.05) is 23.0 Å². The number of hydrogen-bond donors (Lipinski definition) is 1. The maximum absolute atomic E-state index is 3.39. The average molecular weight is 179 g/mol. The zero-order chi connectivity index (χ0) is 9.38. The molecule has 1 N–H and O–H groups in total. The molecule has 3 rings (SSSR count). The van der Waals surface area contributed by atoms with Crippen molar-refractivity contribution in [1.29, 1.82) is 0 Å². The Hall–Kier alpha value is -1.94. The zero-order valence-corrected chi connectivity index (χ0v) is 7.67. The first-order valence-corrected chi connectivity index (χ1v) is 4.70.